The van der Waals surface area contributed by atoms with Gasteiger partial charge in [0, 0.05) is 5.56 Å². The van der Waals surface area contributed by atoms with E-state index in [2.05, 4.69) is 15.6 Å². The van der Waals surface area contributed by atoms with Gasteiger partial charge in [-0.25, -0.2) is 14.2 Å². The number of aromatic nitrogens is 1. The molecule has 3 amide bonds. The molecule has 4 rings (SSSR count). The lowest BCUT2D eigenvalue weighted by Crippen LogP contribution is -2.22. The second kappa shape index (κ2) is 5.27. The second-order valence-electron chi connectivity index (χ2n) is 5.37. The minimum absolute atomic E-state index is 0.368. The van der Waals surface area contributed by atoms with Crippen molar-refractivity contribution >= 4 is 38.6 Å². The third-order valence-electron chi connectivity index (χ3n) is 3.81. The van der Waals surface area contributed by atoms with Gasteiger partial charge in [0.05, 0.1) is 10.2 Å². The molecule has 0 spiro atoms. The Kier molecular flexibility index (Phi) is 3.20. The van der Waals surface area contributed by atoms with E-state index in [1.807, 2.05) is 0 Å². The third-order valence-corrected chi connectivity index (χ3v) is 4.64. The normalized spacial score (nSPS) is 17.1. The van der Waals surface area contributed by atoms with Crippen LogP contribution in [-0.2, 0) is 4.79 Å². The quantitative estimate of drug-likeness (QED) is 0.624. The molecule has 8 heteroatoms. The minimum atomic E-state index is -0.714. The summed E-state index contributed by atoms with van der Waals surface area (Å²) in [6, 6.07) is 8.54. The Morgan fingerprint density at radius 3 is 2.58 bits per heavy atom. The first-order chi connectivity index (χ1) is 11.5. The van der Waals surface area contributed by atoms with Gasteiger partial charge < -0.3 is 11.1 Å². The Morgan fingerprint density at radius 2 is 1.92 bits per heavy atom. The number of rotatable bonds is 2. The zero-order valence-electron chi connectivity index (χ0n) is 12.2. The number of thiazole rings is 1. The highest BCUT2D eigenvalue weighted by Gasteiger charge is 2.30. The fraction of sp³-hybridized carbons (Fsp3) is 0.0625. The SMILES string of the molecule is Nc1nc2c(-c3ccc([C@H]4NC(=O)NC4=O)cc3)cc(F)cc2s1. The predicted octanol–water partition coefficient (Wildman–Crippen LogP) is 2.57. The summed E-state index contributed by atoms with van der Waals surface area (Å²) >= 11 is 1.23. The van der Waals surface area contributed by atoms with Crippen molar-refractivity contribution in [3.63, 3.8) is 0 Å². The minimum Gasteiger partial charge on any atom is -0.375 e. The number of imide groups is 1. The van der Waals surface area contributed by atoms with Crippen LogP contribution in [0.1, 0.15) is 11.6 Å². The van der Waals surface area contributed by atoms with E-state index in [9.17, 15) is 14.0 Å². The van der Waals surface area contributed by atoms with Gasteiger partial charge in [0.1, 0.15) is 11.9 Å². The van der Waals surface area contributed by atoms with Crippen molar-refractivity contribution in [2.24, 2.45) is 0 Å². The maximum Gasteiger partial charge on any atom is 0.322 e. The summed E-state index contributed by atoms with van der Waals surface area (Å²) in [6.07, 6.45) is 0. The summed E-state index contributed by atoms with van der Waals surface area (Å²) in [4.78, 5) is 27.2. The standard InChI is InChI=1S/C16H11FN4O2S/c17-9-5-10(13-11(6-9)24-15(18)19-13)7-1-3-8(4-2-7)12-14(22)21-16(23)20-12/h1-6,12H,(H2,18,19)(H2,20,21,22,23)/t12-/m1/s1. The Hall–Kier alpha value is -3.00. The number of anilines is 1. The van der Waals surface area contributed by atoms with Crippen molar-refractivity contribution in [3.05, 3.63) is 47.8 Å². The van der Waals surface area contributed by atoms with Crippen molar-refractivity contribution in [1.29, 1.82) is 0 Å². The molecule has 1 aliphatic rings. The lowest BCUT2D eigenvalue weighted by atomic mass is 10.00. The number of carbonyl (C=O) groups excluding carboxylic acids is 2. The molecule has 1 fully saturated rings. The molecule has 0 radical (unpaired) electrons. The molecule has 1 saturated heterocycles. The first-order valence-corrected chi connectivity index (χ1v) is 7.90. The monoisotopic (exact) mass is 342 g/mol. The molecule has 1 aromatic heterocycles. The van der Waals surface area contributed by atoms with E-state index in [4.69, 9.17) is 5.73 Å². The Labute approximate surface area is 139 Å². The molecule has 1 aliphatic heterocycles. The van der Waals surface area contributed by atoms with E-state index in [1.54, 1.807) is 24.3 Å². The summed E-state index contributed by atoms with van der Waals surface area (Å²) in [7, 11) is 0. The highest BCUT2D eigenvalue weighted by atomic mass is 32.1. The average Bonchev–Trinajstić information content (AvgIpc) is 3.07. The number of benzene rings is 2. The van der Waals surface area contributed by atoms with Gasteiger partial charge in [-0.3, -0.25) is 10.1 Å². The number of nitrogens with one attached hydrogen (secondary N) is 2. The van der Waals surface area contributed by atoms with Crippen molar-refractivity contribution in [1.82, 2.24) is 15.6 Å². The van der Waals surface area contributed by atoms with Crippen LogP contribution in [0.25, 0.3) is 21.3 Å². The smallest absolute Gasteiger partial charge is 0.322 e. The number of halogens is 1. The lowest BCUT2D eigenvalue weighted by Gasteiger charge is -2.09. The first-order valence-electron chi connectivity index (χ1n) is 7.08. The largest absolute Gasteiger partial charge is 0.375 e. The fourth-order valence-electron chi connectivity index (χ4n) is 2.74. The molecule has 0 aliphatic carbocycles. The molecule has 6 nitrogen and oxygen atoms in total. The van der Waals surface area contributed by atoms with Gasteiger partial charge in [-0.1, -0.05) is 35.6 Å². The number of urea groups is 1. The molecular formula is C16H11FN4O2S. The van der Waals surface area contributed by atoms with E-state index in [0.717, 1.165) is 5.56 Å². The Morgan fingerprint density at radius 1 is 1.17 bits per heavy atom. The number of nitrogens with two attached hydrogens (primary N) is 1. The van der Waals surface area contributed by atoms with Crippen LogP contribution >= 0.6 is 11.3 Å². The average molecular weight is 342 g/mol. The highest BCUT2D eigenvalue weighted by Crippen LogP contribution is 2.34. The maximum atomic E-state index is 13.8. The van der Waals surface area contributed by atoms with Crippen molar-refractivity contribution in [2.75, 3.05) is 5.73 Å². The number of hydrogen-bond acceptors (Lipinski definition) is 5. The maximum absolute atomic E-state index is 13.8. The zero-order chi connectivity index (χ0) is 16.8. The van der Waals surface area contributed by atoms with Crippen LogP contribution in [0.15, 0.2) is 36.4 Å². The summed E-state index contributed by atoms with van der Waals surface area (Å²) in [5.74, 6) is -0.763. The van der Waals surface area contributed by atoms with Gasteiger partial charge in [0.2, 0.25) is 0 Å². The molecule has 0 unspecified atom stereocenters. The number of nitrogens with zero attached hydrogens (tertiary/aromatic N) is 1. The number of amides is 3. The first kappa shape index (κ1) is 14.6. The Bertz CT molecular complexity index is 984. The topological polar surface area (TPSA) is 97.1 Å². The number of carbonyl (C=O) groups is 2. The van der Waals surface area contributed by atoms with Gasteiger partial charge in [-0.05, 0) is 23.3 Å². The van der Waals surface area contributed by atoms with Crippen LogP contribution in [0, 0.1) is 5.82 Å². The zero-order valence-corrected chi connectivity index (χ0v) is 13.0. The molecule has 3 aromatic rings. The number of fused-ring (bicyclic) bond motifs is 1. The molecule has 2 aromatic carbocycles. The van der Waals surface area contributed by atoms with E-state index >= 15 is 0 Å². The van der Waals surface area contributed by atoms with E-state index in [0.29, 0.717) is 26.5 Å². The highest BCUT2D eigenvalue weighted by molar-refractivity contribution is 7.22. The second-order valence-corrected chi connectivity index (χ2v) is 6.43. The van der Waals surface area contributed by atoms with Gasteiger partial charge in [-0.15, -0.1) is 0 Å². The van der Waals surface area contributed by atoms with Crippen LogP contribution in [-0.4, -0.2) is 16.9 Å². The van der Waals surface area contributed by atoms with Crippen molar-refractivity contribution in [2.45, 2.75) is 6.04 Å². The molecule has 0 bridgehead atoms. The van der Waals surface area contributed by atoms with E-state index in [-0.39, 0.29) is 5.82 Å². The summed E-state index contributed by atoms with van der Waals surface area (Å²) in [5, 5.41) is 5.09. The van der Waals surface area contributed by atoms with Gasteiger partial charge in [0.15, 0.2) is 5.13 Å². The van der Waals surface area contributed by atoms with Gasteiger partial charge in [-0.2, -0.15) is 0 Å². The van der Waals surface area contributed by atoms with Crippen LogP contribution < -0.4 is 16.4 Å². The molecule has 120 valence electrons. The summed E-state index contributed by atoms with van der Waals surface area (Å²) < 4.78 is 14.5. The Balaban J connectivity index is 1.76. The molecule has 4 N–H and O–H groups in total. The molecular weight excluding hydrogens is 331 g/mol. The number of nitrogen functional groups attached to an aromatic ring is 1. The lowest BCUT2D eigenvalue weighted by molar-refractivity contribution is -0.120. The number of hydrogen-bond donors (Lipinski definition) is 3. The summed E-state index contributed by atoms with van der Waals surface area (Å²) in [6.45, 7) is 0. The van der Waals surface area contributed by atoms with Gasteiger partial charge in [0.25, 0.3) is 5.91 Å². The summed E-state index contributed by atoms with van der Waals surface area (Å²) in [5.41, 5.74) is 8.38. The molecule has 2 heterocycles. The fourth-order valence-corrected chi connectivity index (χ4v) is 3.53. The molecule has 1 atom stereocenters. The van der Waals surface area contributed by atoms with Crippen LogP contribution in [0.4, 0.5) is 14.3 Å². The van der Waals surface area contributed by atoms with Gasteiger partial charge >= 0.3 is 6.03 Å². The van der Waals surface area contributed by atoms with E-state index < -0.39 is 18.0 Å². The van der Waals surface area contributed by atoms with Crippen LogP contribution in [0.5, 0.6) is 0 Å². The molecule has 0 saturated carbocycles. The third kappa shape index (κ3) is 2.37. The molecule has 24 heavy (non-hydrogen) atoms. The van der Waals surface area contributed by atoms with E-state index in [1.165, 1.54) is 23.5 Å². The van der Waals surface area contributed by atoms with Crippen molar-refractivity contribution in [3.8, 4) is 11.1 Å². The van der Waals surface area contributed by atoms with Crippen molar-refractivity contribution < 1.29 is 14.0 Å². The van der Waals surface area contributed by atoms with Crippen LogP contribution in [0.2, 0.25) is 0 Å². The van der Waals surface area contributed by atoms with Crippen LogP contribution in [0.3, 0.4) is 0 Å². The predicted molar refractivity (Wildman–Crippen MR) is 88.8 cm³/mol.